The zero-order chi connectivity index (χ0) is 17.3. The van der Waals surface area contributed by atoms with Crippen molar-refractivity contribution in [3.05, 3.63) is 46.4 Å². The van der Waals surface area contributed by atoms with Gasteiger partial charge in [0.2, 0.25) is 10.0 Å². The Bertz CT molecular complexity index is 794. The van der Waals surface area contributed by atoms with Crippen LogP contribution >= 0.6 is 11.3 Å². The molecular formula is C18H25N3O2S2. The van der Waals surface area contributed by atoms with E-state index in [4.69, 9.17) is 0 Å². The molecule has 0 aromatic carbocycles. The second kappa shape index (κ2) is 7.23. The molecule has 1 saturated carbocycles. The van der Waals surface area contributed by atoms with Crippen molar-refractivity contribution in [2.24, 2.45) is 5.92 Å². The molecule has 5 nitrogen and oxygen atoms in total. The van der Waals surface area contributed by atoms with Gasteiger partial charge in [0.1, 0.15) is 0 Å². The van der Waals surface area contributed by atoms with E-state index in [1.165, 1.54) is 11.3 Å². The lowest BCUT2D eigenvalue weighted by atomic mass is 10.1. The second-order valence-corrected chi connectivity index (χ2v) is 10.1. The fourth-order valence-electron chi connectivity index (χ4n) is 3.61. The van der Waals surface area contributed by atoms with Gasteiger partial charge in [-0.05, 0) is 59.7 Å². The van der Waals surface area contributed by atoms with Crippen LogP contribution in [0.25, 0.3) is 0 Å². The summed E-state index contributed by atoms with van der Waals surface area (Å²) in [6, 6.07) is 6.49. The van der Waals surface area contributed by atoms with E-state index in [9.17, 15) is 8.42 Å². The van der Waals surface area contributed by atoms with Crippen molar-refractivity contribution in [1.29, 1.82) is 0 Å². The van der Waals surface area contributed by atoms with Crippen LogP contribution in [0.4, 0.5) is 0 Å². The third kappa shape index (κ3) is 4.34. The zero-order valence-electron chi connectivity index (χ0n) is 14.3. The molecule has 7 heteroatoms. The van der Waals surface area contributed by atoms with Crippen LogP contribution in [0.15, 0.2) is 35.2 Å². The van der Waals surface area contributed by atoms with E-state index in [1.807, 2.05) is 0 Å². The first-order chi connectivity index (χ1) is 12.1. The monoisotopic (exact) mass is 379 g/mol. The number of hydrogen-bond acceptors (Lipinski definition) is 4. The Morgan fingerprint density at radius 3 is 2.88 bits per heavy atom. The number of aromatic nitrogens is 1. The van der Waals surface area contributed by atoms with E-state index < -0.39 is 10.0 Å². The van der Waals surface area contributed by atoms with Crippen molar-refractivity contribution < 1.29 is 8.42 Å². The van der Waals surface area contributed by atoms with Crippen LogP contribution < -0.4 is 4.72 Å². The number of fused-ring (bicyclic) bond motifs is 1. The Kier molecular flexibility index (Phi) is 4.99. The first-order valence-corrected chi connectivity index (χ1v) is 11.4. The van der Waals surface area contributed by atoms with E-state index in [0.717, 1.165) is 45.4 Å². The van der Waals surface area contributed by atoms with Gasteiger partial charge in [-0.3, -0.25) is 4.90 Å². The van der Waals surface area contributed by atoms with Crippen molar-refractivity contribution in [2.45, 2.75) is 44.1 Å². The van der Waals surface area contributed by atoms with Gasteiger partial charge in [-0.15, -0.1) is 0 Å². The molecule has 1 fully saturated rings. The molecular weight excluding hydrogens is 354 g/mol. The second-order valence-electron chi connectivity index (χ2n) is 7.25. The maximum Gasteiger partial charge on any atom is 0.214 e. The Morgan fingerprint density at radius 1 is 1.24 bits per heavy atom. The van der Waals surface area contributed by atoms with E-state index in [1.54, 1.807) is 11.3 Å². The van der Waals surface area contributed by atoms with Crippen molar-refractivity contribution in [1.82, 2.24) is 14.2 Å². The number of hydrogen-bond donors (Lipinski definition) is 1. The first-order valence-electron chi connectivity index (χ1n) is 8.96. The normalized spacial score (nSPS) is 21.8. The topological polar surface area (TPSA) is 54.3 Å². The van der Waals surface area contributed by atoms with Crippen molar-refractivity contribution >= 4 is 21.4 Å². The largest absolute Gasteiger partial charge is 0.350 e. The molecule has 0 unspecified atom stereocenters. The summed E-state index contributed by atoms with van der Waals surface area (Å²) < 4.78 is 29.2. The first kappa shape index (κ1) is 17.3. The summed E-state index contributed by atoms with van der Waals surface area (Å²) in [6.45, 7) is 4.43. The predicted octanol–water partition coefficient (Wildman–Crippen LogP) is 2.65. The van der Waals surface area contributed by atoms with Crippen LogP contribution in [-0.4, -0.2) is 36.2 Å². The quantitative estimate of drug-likeness (QED) is 0.805. The van der Waals surface area contributed by atoms with Crippen LogP contribution in [0.5, 0.6) is 0 Å². The smallest absolute Gasteiger partial charge is 0.214 e. The molecule has 4 rings (SSSR count). The number of nitrogens with one attached hydrogen (secondary N) is 1. The summed E-state index contributed by atoms with van der Waals surface area (Å²) in [6.07, 6.45) is 4.66. The lowest BCUT2D eigenvalue weighted by Gasteiger charge is -2.23. The zero-order valence-corrected chi connectivity index (χ0v) is 15.9. The van der Waals surface area contributed by atoms with Crippen molar-refractivity contribution in [2.75, 3.05) is 13.1 Å². The highest BCUT2D eigenvalue weighted by atomic mass is 32.2. The van der Waals surface area contributed by atoms with Crippen molar-refractivity contribution in [3.63, 3.8) is 0 Å². The molecule has 0 radical (unpaired) electrons. The van der Waals surface area contributed by atoms with Crippen LogP contribution in [0.2, 0.25) is 0 Å². The van der Waals surface area contributed by atoms with Gasteiger partial charge in [0.25, 0.3) is 0 Å². The lowest BCUT2D eigenvalue weighted by molar-refractivity contribution is 0.216. The van der Waals surface area contributed by atoms with Gasteiger partial charge in [0, 0.05) is 44.6 Å². The van der Waals surface area contributed by atoms with E-state index in [2.05, 4.69) is 49.3 Å². The van der Waals surface area contributed by atoms with Crippen LogP contribution in [0.1, 0.15) is 30.5 Å². The fraction of sp³-hybridized carbons (Fsp3) is 0.556. The summed E-state index contributed by atoms with van der Waals surface area (Å²) in [5.74, 6) is 0.453. The molecule has 1 aliphatic carbocycles. The molecule has 1 atom stereocenters. The maximum absolute atomic E-state index is 12.0. The molecule has 25 heavy (non-hydrogen) atoms. The summed E-state index contributed by atoms with van der Waals surface area (Å²) >= 11 is 1.74. The fourth-order valence-corrected chi connectivity index (χ4v) is 5.67. The van der Waals surface area contributed by atoms with Gasteiger partial charge in [0.15, 0.2) is 0 Å². The molecule has 2 aromatic rings. The van der Waals surface area contributed by atoms with Gasteiger partial charge < -0.3 is 4.57 Å². The Hall–Kier alpha value is -1.15. The summed E-state index contributed by atoms with van der Waals surface area (Å²) in [5.41, 5.74) is 2.70. The summed E-state index contributed by atoms with van der Waals surface area (Å²) in [7, 11) is -3.07. The molecule has 0 amide bonds. The summed E-state index contributed by atoms with van der Waals surface area (Å²) in [5, 5.41) is 4.20. The van der Waals surface area contributed by atoms with E-state index in [-0.39, 0.29) is 5.25 Å². The van der Waals surface area contributed by atoms with Gasteiger partial charge in [-0.25, -0.2) is 13.1 Å². The molecule has 0 bridgehead atoms. The molecule has 1 N–H and O–H groups in total. The van der Waals surface area contributed by atoms with Gasteiger partial charge >= 0.3 is 0 Å². The predicted molar refractivity (Wildman–Crippen MR) is 101 cm³/mol. The van der Waals surface area contributed by atoms with Crippen LogP contribution in [-0.2, 0) is 29.7 Å². The average molecular weight is 380 g/mol. The summed E-state index contributed by atoms with van der Waals surface area (Å²) in [4.78, 5) is 2.49. The van der Waals surface area contributed by atoms with Crippen molar-refractivity contribution in [3.8, 4) is 0 Å². The molecule has 136 valence electrons. The van der Waals surface area contributed by atoms with Gasteiger partial charge in [-0.1, -0.05) is 0 Å². The highest BCUT2D eigenvalue weighted by Gasteiger charge is 2.35. The number of nitrogens with zero attached hydrogens (tertiary/aromatic N) is 2. The third-order valence-corrected chi connectivity index (χ3v) is 7.77. The average Bonchev–Trinajstić information content (AvgIpc) is 3.22. The van der Waals surface area contributed by atoms with E-state index in [0.29, 0.717) is 12.5 Å². The van der Waals surface area contributed by atoms with Crippen LogP contribution in [0, 0.1) is 5.92 Å². The highest BCUT2D eigenvalue weighted by Crippen LogP contribution is 2.27. The number of rotatable bonds is 7. The Balaban J connectivity index is 1.39. The third-order valence-electron chi connectivity index (χ3n) is 5.09. The molecule has 1 aliphatic heterocycles. The lowest BCUT2D eigenvalue weighted by Crippen LogP contribution is -2.32. The van der Waals surface area contributed by atoms with E-state index >= 15 is 0 Å². The minimum atomic E-state index is -3.07. The number of sulfonamides is 1. The minimum absolute atomic E-state index is 0.132. The molecule has 0 spiro atoms. The van der Waals surface area contributed by atoms with Gasteiger partial charge in [-0.2, -0.15) is 11.3 Å². The maximum atomic E-state index is 12.0. The molecule has 2 aromatic heterocycles. The molecule has 0 saturated heterocycles. The number of thiophene rings is 1. The standard InChI is InChI=1S/C18H25N3O2S2/c22-25(23,18-3-4-18)19-7-5-15-10-20(11-16-6-9-24-14-16)13-17-2-1-8-21(17)12-15/h1-2,6,8-9,14-15,18-19H,3-5,7,10-13H2/t15-/m1/s1. The highest BCUT2D eigenvalue weighted by molar-refractivity contribution is 7.90. The molecule has 2 aliphatic rings. The Labute approximate surface area is 153 Å². The van der Waals surface area contributed by atoms with Crippen LogP contribution in [0.3, 0.4) is 0 Å². The minimum Gasteiger partial charge on any atom is -0.350 e. The molecule has 3 heterocycles. The SMILES string of the molecule is O=S(=O)(NCC[C@@H]1CN(Cc2ccsc2)Cc2cccn2C1)C1CC1. The van der Waals surface area contributed by atoms with Gasteiger partial charge in [0.05, 0.1) is 5.25 Å². The Morgan fingerprint density at radius 2 is 2.12 bits per heavy atom.